The summed E-state index contributed by atoms with van der Waals surface area (Å²) in [5.74, 6) is -2.54. The van der Waals surface area contributed by atoms with Crippen molar-refractivity contribution in [2.75, 3.05) is 18.9 Å². The van der Waals surface area contributed by atoms with E-state index in [-0.39, 0.29) is 17.2 Å². The number of benzene rings is 2. The van der Waals surface area contributed by atoms with Gasteiger partial charge in [-0.15, -0.1) is 10.2 Å². The summed E-state index contributed by atoms with van der Waals surface area (Å²) in [5, 5.41) is 25.0. The van der Waals surface area contributed by atoms with Gasteiger partial charge >= 0.3 is 0 Å². The second-order valence-electron chi connectivity index (χ2n) is 8.25. The van der Waals surface area contributed by atoms with Crippen molar-refractivity contribution in [3.8, 4) is 0 Å². The largest absolute Gasteiger partial charge is 0.318 e. The van der Waals surface area contributed by atoms with Gasteiger partial charge in [-0.1, -0.05) is 12.8 Å². The van der Waals surface area contributed by atoms with Crippen molar-refractivity contribution in [3.63, 3.8) is 0 Å². The van der Waals surface area contributed by atoms with Gasteiger partial charge in [0.05, 0.1) is 10.5 Å². The molecule has 4 rings (SSSR count). The molecule has 1 heterocycles. The Morgan fingerprint density at radius 2 is 1.94 bits per heavy atom. The number of nitro groups is 1. The third-order valence-corrected chi connectivity index (χ3v) is 7.01. The highest BCUT2D eigenvalue weighted by Crippen LogP contribution is 2.37. The number of nitro benzene ring substituents is 1. The number of anilines is 1. The summed E-state index contributed by atoms with van der Waals surface area (Å²) in [4.78, 5) is 24.1. The summed E-state index contributed by atoms with van der Waals surface area (Å²) in [6.45, 7) is 1.21. The Bertz CT molecular complexity index is 1220. The molecule has 1 aromatic heterocycles. The molecular weight excluding hydrogens is 478 g/mol. The Kier molecular flexibility index (Phi) is 7.71. The number of likely N-dealkylation sites (N-methyl/N-ethyl adjacent to an activating group) is 1. The Hall–Kier alpha value is -3.38. The zero-order valence-corrected chi connectivity index (χ0v) is 19.8. The lowest BCUT2D eigenvalue weighted by atomic mass is 9.97. The van der Waals surface area contributed by atoms with Gasteiger partial charge in [-0.3, -0.25) is 14.9 Å². The fourth-order valence-electron chi connectivity index (χ4n) is 4.09. The van der Waals surface area contributed by atoms with Gasteiger partial charge in [-0.05, 0) is 61.3 Å². The molecule has 9 nitrogen and oxygen atoms in total. The minimum atomic E-state index is -0.883. The average Bonchev–Trinajstić information content (AvgIpc) is 3.52. The lowest BCUT2D eigenvalue weighted by Gasteiger charge is -2.14. The van der Waals surface area contributed by atoms with Crippen molar-refractivity contribution in [2.24, 2.45) is 0 Å². The fraction of sp³-hybridized carbons (Fsp3) is 0.348. The van der Waals surface area contributed by atoms with Crippen LogP contribution in [0.2, 0.25) is 0 Å². The summed E-state index contributed by atoms with van der Waals surface area (Å²) in [5.41, 5.74) is -0.445. The van der Waals surface area contributed by atoms with Crippen LogP contribution in [0.3, 0.4) is 0 Å². The zero-order chi connectivity index (χ0) is 24.9. The summed E-state index contributed by atoms with van der Waals surface area (Å²) in [7, 11) is 1.80. The van der Waals surface area contributed by atoms with Crippen LogP contribution < -0.4 is 10.6 Å². The van der Waals surface area contributed by atoms with Gasteiger partial charge in [0.1, 0.15) is 23.6 Å². The number of non-ortho nitro benzene ring substituents is 1. The molecule has 184 valence electrons. The molecule has 2 N–H and O–H groups in total. The van der Waals surface area contributed by atoms with Crippen molar-refractivity contribution < 1.29 is 18.5 Å². The third kappa shape index (κ3) is 5.65. The number of nitrogens with one attached hydrogen (secondary N) is 2. The van der Waals surface area contributed by atoms with Crippen LogP contribution in [-0.2, 0) is 6.54 Å². The zero-order valence-electron chi connectivity index (χ0n) is 19.0. The van der Waals surface area contributed by atoms with E-state index in [9.17, 15) is 23.7 Å². The molecule has 1 amide bonds. The average molecular weight is 503 g/mol. The lowest BCUT2D eigenvalue weighted by molar-refractivity contribution is -0.384. The van der Waals surface area contributed by atoms with E-state index in [0.29, 0.717) is 28.7 Å². The van der Waals surface area contributed by atoms with Gasteiger partial charge in [0.25, 0.3) is 11.6 Å². The van der Waals surface area contributed by atoms with Crippen LogP contribution in [0.4, 0.5) is 20.2 Å². The van der Waals surface area contributed by atoms with Gasteiger partial charge in [0, 0.05) is 30.1 Å². The molecule has 0 bridgehead atoms. The number of nitrogens with zero attached hydrogens (tertiary/aromatic N) is 4. The number of carbonyl (C=O) groups excluding carboxylic acids is 1. The minimum Gasteiger partial charge on any atom is -0.318 e. The van der Waals surface area contributed by atoms with Crippen molar-refractivity contribution in [2.45, 2.75) is 48.2 Å². The Morgan fingerprint density at radius 3 is 2.60 bits per heavy atom. The monoisotopic (exact) mass is 502 g/mol. The van der Waals surface area contributed by atoms with Crippen LogP contribution in [0.1, 0.15) is 47.5 Å². The van der Waals surface area contributed by atoms with Gasteiger partial charge in [-0.2, -0.15) is 0 Å². The first kappa shape index (κ1) is 24.7. The van der Waals surface area contributed by atoms with E-state index in [1.807, 2.05) is 0 Å². The molecule has 1 aliphatic rings. The molecule has 0 unspecified atom stereocenters. The van der Waals surface area contributed by atoms with Crippen LogP contribution in [0.25, 0.3) is 0 Å². The number of amides is 1. The van der Waals surface area contributed by atoms with E-state index in [1.54, 1.807) is 11.6 Å². The van der Waals surface area contributed by atoms with E-state index < -0.39 is 28.2 Å². The maximum Gasteiger partial charge on any atom is 0.270 e. The van der Waals surface area contributed by atoms with Crippen molar-refractivity contribution in [3.05, 3.63) is 69.5 Å². The minimum absolute atomic E-state index is 0.101. The van der Waals surface area contributed by atoms with Crippen molar-refractivity contribution in [1.29, 1.82) is 0 Å². The van der Waals surface area contributed by atoms with Crippen LogP contribution in [0.15, 0.2) is 46.7 Å². The van der Waals surface area contributed by atoms with Crippen LogP contribution >= 0.6 is 11.8 Å². The Morgan fingerprint density at radius 1 is 1.23 bits per heavy atom. The first-order valence-corrected chi connectivity index (χ1v) is 12.0. The first-order chi connectivity index (χ1) is 16.9. The normalized spacial score (nSPS) is 13.8. The topological polar surface area (TPSA) is 115 Å². The molecule has 1 aliphatic carbocycles. The summed E-state index contributed by atoms with van der Waals surface area (Å²) in [6.07, 6.45) is 5.31. The van der Waals surface area contributed by atoms with E-state index in [4.69, 9.17) is 0 Å². The molecule has 0 saturated heterocycles. The Balaban J connectivity index is 1.63. The molecule has 0 radical (unpaired) electrons. The van der Waals surface area contributed by atoms with Gasteiger partial charge in [0.2, 0.25) is 0 Å². The molecule has 1 saturated carbocycles. The third-order valence-electron chi connectivity index (χ3n) is 5.93. The predicted octanol–water partition coefficient (Wildman–Crippen LogP) is 4.75. The maximum atomic E-state index is 14.8. The van der Waals surface area contributed by atoms with Gasteiger partial charge < -0.3 is 15.2 Å². The molecule has 3 aromatic rings. The molecule has 0 spiro atoms. The summed E-state index contributed by atoms with van der Waals surface area (Å²) in [6, 6.07) is 6.24. The Labute approximate surface area is 204 Å². The van der Waals surface area contributed by atoms with Crippen LogP contribution in [-0.4, -0.2) is 39.2 Å². The van der Waals surface area contributed by atoms with Crippen LogP contribution in [0, 0.1) is 21.7 Å². The van der Waals surface area contributed by atoms with Crippen molar-refractivity contribution in [1.82, 2.24) is 20.1 Å². The van der Waals surface area contributed by atoms with Crippen molar-refractivity contribution >= 4 is 29.0 Å². The molecule has 0 atom stereocenters. The maximum absolute atomic E-state index is 14.8. The summed E-state index contributed by atoms with van der Waals surface area (Å²) >= 11 is 1.08. The molecular formula is C23H24F2N6O3S. The fourth-order valence-corrected chi connectivity index (χ4v) is 5.03. The molecule has 0 aliphatic heterocycles. The van der Waals surface area contributed by atoms with E-state index in [2.05, 4.69) is 20.8 Å². The predicted molar refractivity (Wildman–Crippen MR) is 127 cm³/mol. The second kappa shape index (κ2) is 10.9. The standard InChI is InChI=1S/C23H24F2N6O3S/c1-26-8-9-30-13-27-29-23(30)35-20-7-6-16(31(33)34)12-17(20)22(32)28-21-18(24)10-15(11-19(21)25)14-4-2-3-5-14/h6-7,10-14,26H,2-5,8-9H2,1H3,(H,28,32). The lowest BCUT2D eigenvalue weighted by Crippen LogP contribution is -2.17. The van der Waals surface area contributed by atoms with Crippen LogP contribution in [0.5, 0.6) is 0 Å². The molecule has 35 heavy (non-hydrogen) atoms. The highest BCUT2D eigenvalue weighted by atomic mass is 32.2. The SMILES string of the molecule is CNCCn1cnnc1Sc1ccc([N+](=O)[O-])cc1C(=O)Nc1c(F)cc(C2CCCC2)cc1F. The van der Waals surface area contributed by atoms with Gasteiger partial charge in [-0.25, -0.2) is 8.78 Å². The second-order valence-corrected chi connectivity index (χ2v) is 9.25. The first-order valence-electron chi connectivity index (χ1n) is 11.2. The molecule has 2 aromatic carbocycles. The number of rotatable bonds is 9. The smallest absolute Gasteiger partial charge is 0.270 e. The van der Waals surface area contributed by atoms with E-state index in [0.717, 1.165) is 43.5 Å². The molecule has 12 heteroatoms. The van der Waals surface area contributed by atoms with Gasteiger partial charge in [0.15, 0.2) is 5.16 Å². The highest BCUT2D eigenvalue weighted by Gasteiger charge is 2.24. The van der Waals surface area contributed by atoms with E-state index >= 15 is 0 Å². The molecule has 1 fully saturated rings. The number of carbonyl (C=O) groups is 1. The highest BCUT2D eigenvalue weighted by molar-refractivity contribution is 7.99. The number of hydrogen-bond acceptors (Lipinski definition) is 7. The quantitative estimate of drug-likeness (QED) is 0.321. The van der Waals surface area contributed by atoms with E-state index in [1.165, 1.54) is 30.6 Å². The summed E-state index contributed by atoms with van der Waals surface area (Å²) < 4.78 is 31.4. The number of hydrogen-bond donors (Lipinski definition) is 2. The number of aromatic nitrogens is 3. The number of halogens is 2.